The Hall–Kier alpha value is -2.65. The predicted molar refractivity (Wildman–Crippen MR) is 109 cm³/mol. The fraction of sp³-hybridized carbons (Fsp3) is 0.0952. The molecule has 0 spiro atoms. The maximum Gasteiger partial charge on any atom is 0.132 e. The van der Waals surface area contributed by atoms with Gasteiger partial charge in [0.1, 0.15) is 10.8 Å². The smallest absolute Gasteiger partial charge is 0.132 e. The van der Waals surface area contributed by atoms with Gasteiger partial charge >= 0.3 is 0 Å². The summed E-state index contributed by atoms with van der Waals surface area (Å²) in [6, 6.07) is 10.1. The van der Waals surface area contributed by atoms with Gasteiger partial charge in [0.2, 0.25) is 0 Å². The van der Waals surface area contributed by atoms with Crippen LogP contribution in [0.1, 0.15) is 28.5 Å². The van der Waals surface area contributed by atoms with Gasteiger partial charge in [-0.05, 0) is 42.7 Å². The second-order valence-electron chi connectivity index (χ2n) is 5.27. The van der Waals surface area contributed by atoms with Crippen LogP contribution in [0.25, 0.3) is 11.6 Å². The monoisotopic (exact) mass is 334 g/mol. The highest BCUT2D eigenvalue weighted by Crippen LogP contribution is 2.31. The average molecular weight is 334 g/mol. The molecule has 2 nitrogen and oxygen atoms in total. The molecule has 2 rings (SSSR count). The molecule has 0 atom stereocenters. The highest BCUT2D eigenvalue weighted by atomic mass is 32.1. The maximum absolute atomic E-state index is 6.23. The Balaban J connectivity index is 2.39. The van der Waals surface area contributed by atoms with Crippen molar-refractivity contribution in [3.63, 3.8) is 0 Å². The van der Waals surface area contributed by atoms with E-state index >= 15 is 0 Å². The van der Waals surface area contributed by atoms with Crippen LogP contribution in [0.3, 0.4) is 0 Å². The van der Waals surface area contributed by atoms with Gasteiger partial charge in [-0.15, -0.1) is 11.3 Å². The zero-order valence-corrected chi connectivity index (χ0v) is 14.9. The van der Waals surface area contributed by atoms with Gasteiger partial charge in [-0.3, -0.25) is 0 Å². The number of nitrogens with zero attached hydrogens (tertiary/aromatic N) is 1. The van der Waals surface area contributed by atoms with E-state index in [2.05, 4.69) is 24.2 Å². The molecule has 0 saturated heterocycles. The third-order valence-corrected chi connectivity index (χ3v) is 4.64. The Kier molecular flexibility index (Phi) is 6.10. The Morgan fingerprint density at radius 1 is 1.21 bits per heavy atom. The zero-order chi connectivity index (χ0) is 17.5. The molecule has 0 fully saturated rings. The summed E-state index contributed by atoms with van der Waals surface area (Å²) in [6.07, 6.45) is 9.67. The normalized spacial score (nSPS) is 12.6. The highest BCUT2D eigenvalue weighted by Gasteiger charge is 2.06. The van der Waals surface area contributed by atoms with Crippen LogP contribution < -0.4 is 5.73 Å². The quantitative estimate of drug-likeness (QED) is 0.400. The Labute approximate surface area is 148 Å². The second kappa shape index (κ2) is 8.27. The summed E-state index contributed by atoms with van der Waals surface area (Å²) in [4.78, 5) is 5.69. The van der Waals surface area contributed by atoms with Crippen molar-refractivity contribution in [2.45, 2.75) is 13.8 Å². The number of amidine groups is 1. The number of aryl methyl sites for hydroxylation is 1. The molecule has 1 heterocycles. The molecule has 3 heteroatoms. The van der Waals surface area contributed by atoms with Gasteiger partial charge in [-0.25, -0.2) is 4.99 Å². The first kappa shape index (κ1) is 17.7. The number of hydrogen-bond acceptors (Lipinski definition) is 2. The van der Waals surface area contributed by atoms with Crippen molar-refractivity contribution in [1.82, 2.24) is 0 Å². The molecule has 0 unspecified atom stereocenters. The lowest BCUT2D eigenvalue weighted by molar-refractivity contribution is 1.43. The van der Waals surface area contributed by atoms with Gasteiger partial charge in [-0.2, -0.15) is 0 Å². The number of aliphatic imine (C=N–C) groups is 1. The summed E-state index contributed by atoms with van der Waals surface area (Å²) in [5.41, 5.74) is 10.3. The molecule has 0 aliphatic carbocycles. The average Bonchev–Trinajstić information content (AvgIpc) is 2.96. The number of thiophene rings is 1. The van der Waals surface area contributed by atoms with Crippen molar-refractivity contribution in [2.75, 3.05) is 0 Å². The van der Waals surface area contributed by atoms with Gasteiger partial charge in [0.25, 0.3) is 0 Å². The molecule has 1 aromatic carbocycles. The fourth-order valence-corrected chi connectivity index (χ4v) is 3.13. The Morgan fingerprint density at radius 2 is 1.96 bits per heavy atom. The van der Waals surface area contributed by atoms with Gasteiger partial charge in [0, 0.05) is 10.4 Å². The van der Waals surface area contributed by atoms with Crippen LogP contribution in [0, 0.1) is 6.92 Å². The molecule has 0 amide bonds. The van der Waals surface area contributed by atoms with Crippen molar-refractivity contribution in [3.8, 4) is 0 Å². The minimum Gasteiger partial charge on any atom is -0.383 e. The molecule has 2 N–H and O–H groups in total. The topological polar surface area (TPSA) is 38.4 Å². The van der Waals surface area contributed by atoms with Crippen molar-refractivity contribution in [3.05, 3.63) is 89.4 Å². The van der Waals surface area contributed by atoms with Crippen molar-refractivity contribution in [1.29, 1.82) is 0 Å². The summed E-state index contributed by atoms with van der Waals surface area (Å²) in [5.74, 6) is 0.506. The van der Waals surface area contributed by atoms with E-state index in [1.807, 2.05) is 68.5 Å². The van der Waals surface area contributed by atoms with Crippen molar-refractivity contribution < 1.29 is 0 Å². The zero-order valence-electron chi connectivity index (χ0n) is 14.1. The van der Waals surface area contributed by atoms with Crippen LogP contribution in [0.15, 0.2) is 72.8 Å². The van der Waals surface area contributed by atoms with Gasteiger partial charge in [0.15, 0.2) is 0 Å². The SMILES string of the molecule is C=C/C(=C\C=C/C)c1cccc(/C(N)=N/c2sc(C=C)cc2C)c1. The highest BCUT2D eigenvalue weighted by molar-refractivity contribution is 7.16. The lowest BCUT2D eigenvalue weighted by Gasteiger charge is -2.06. The standard InChI is InChI=1S/C21H22N2S/c1-5-8-10-16(6-2)17-11-9-12-18(14-17)20(22)23-21-15(4)13-19(7-3)24-21/h5-14H,2-3H2,1,4H3,(H2,22,23)/b8-5-,16-10+. The molecule has 1 aromatic heterocycles. The van der Waals surface area contributed by atoms with Crippen LogP contribution in [-0.2, 0) is 0 Å². The molecule has 24 heavy (non-hydrogen) atoms. The third-order valence-electron chi connectivity index (χ3n) is 3.51. The minimum atomic E-state index is 0.506. The van der Waals surface area contributed by atoms with E-state index in [1.54, 1.807) is 11.3 Å². The van der Waals surface area contributed by atoms with Gasteiger partial charge in [0.05, 0.1) is 0 Å². The molecule has 0 radical (unpaired) electrons. The molecular formula is C21H22N2S. The first-order valence-corrected chi connectivity index (χ1v) is 8.54. The summed E-state index contributed by atoms with van der Waals surface area (Å²) < 4.78 is 0. The molecule has 0 aliphatic rings. The summed E-state index contributed by atoms with van der Waals surface area (Å²) in [7, 11) is 0. The first-order chi connectivity index (χ1) is 11.6. The van der Waals surface area contributed by atoms with E-state index in [9.17, 15) is 0 Å². The largest absolute Gasteiger partial charge is 0.383 e. The number of benzene rings is 1. The molecule has 122 valence electrons. The summed E-state index contributed by atoms with van der Waals surface area (Å²) >= 11 is 1.59. The van der Waals surface area contributed by atoms with Crippen LogP contribution in [-0.4, -0.2) is 5.84 Å². The molecule has 0 saturated carbocycles. The van der Waals surface area contributed by atoms with Crippen LogP contribution in [0.5, 0.6) is 0 Å². The van der Waals surface area contributed by atoms with Crippen LogP contribution in [0.2, 0.25) is 0 Å². The fourth-order valence-electron chi connectivity index (χ4n) is 2.22. The van der Waals surface area contributed by atoms with Gasteiger partial charge < -0.3 is 5.73 Å². The number of allylic oxidation sites excluding steroid dienone is 5. The Bertz CT molecular complexity index is 835. The van der Waals surface area contributed by atoms with Crippen LogP contribution in [0.4, 0.5) is 5.00 Å². The van der Waals surface area contributed by atoms with E-state index in [-0.39, 0.29) is 0 Å². The molecule has 2 aromatic rings. The molecule has 0 aliphatic heterocycles. The first-order valence-electron chi connectivity index (χ1n) is 7.72. The van der Waals surface area contributed by atoms with E-state index in [4.69, 9.17) is 5.73 Å². The predicted octanol–water partition coefficient (Wildman–Crippen LogP) is 5.88. The molecular weight excluding hydrogens is 312 g/mol. The summed E-state index contributed by atoms with van der Waals surface area (Å²) in [5, 5.41) is 0.918. The number of nitrogens with two attached hydrogens (primary N) is 1. The van der Waals surface area contributed by atoms with E-state index < -0.39 is 0 Å². The van der Waals surface area contributed by atoms with Gasteiger partial charge in [-0.1, -0.05) is 61.7 Å². The van der Waals surface area contributed by atoms with Crippen molar-refractivity contribution >= 4 is 33.8 Å². The van der Waals surface area contributed by atoms with E-state index in [0.29, 0.717) is 5.84 Å². The minimum absolute atomic E-state index is 0.506. The maximum atomic E-state index is 6.23. The lowest BCUT2D eigenvalue weighted by Crippen LogP contribution is -2.12. The van der Waals surface area contributed by atoms with Crippen LogP contribution >= 0.6 is 11.3 Å². The Morgan fingerprint density at radius 3 is 2.58 bits per heavy atom. The summed E-state index contributed by atoms with van der Waals surface area (Å²) in [6.45, 7) is 11.7. The van der Waals surface area contributed by atoms with E-state index in [0.717, 1.165) is 32.1 Å². The lowest BCUT2D eigenvalue weighted by atomic mass is 10.0. The van der Waals surface area contributed by atoms with E-state index in [1.165, 1.54) is 0 Å². The van der Waals surface area contributed by atoms with Crippen molar-refractivity contribution in [2.24, 2.45) is 10.7 Å². The second-order valence-corrected chi connectivity index (χ2v) is 6.33. The molecule has 0 bridgehead atoms. The number of hydrogen-bond donors (Lipinski definition) is 1. The number of rotatable bonds is 6. The third kappa shape index (κ3) is 4.21.